The molecule has 0 fully saturated rings. The Hall–Kier alpha value is -7.42. The molecule has 0 unspecified atom stereocenters. The van der Waals surface area contributed by atoms with Gasteiger partial charge in [-0.15, -0.1) is 0 Å². The number of para-hydroxylation sites is 2. The third-order valence-electron chi connectivity index (χ3n) is 12.4. The van der Waals surface area contributed by atoms with Crippen LogP contribution < -0.4 is 4.90 Å². The van der Waals surface area contributed by atoms with E-state index in [-0.39, 0.29) is 5.41 Å². The van der Waals surface area contributed by atoms with Crippen LogP contribution in [0, 0.1) is 0 Å². The highest BCUT2D eigenvalue weighted by molar-refractivity contribution is 6.09. The van der Waals surface area contributed by atoms with Crippen LogP contribution in [-0.4, -0.2) is 4.57 Å². The lowest BCUT2D eigenvalue weighted by atomic mass is 9.82. The number of anilines is 3. The van der Waals surface area contributed by atoms with Crippen molar-refractivity contribution in [2.75, 3.05) is 4.90 Å². The summed E-state index contributed by atoms with van der Waals surface area (Å²) in [7, 11) is 0. The van der Waals surface area contributed by atoms with E-state index >= 15 is 0 Å². The number of hydrogen-bond acceptors (Lipinski definition) is 1. The summed E-state index contributed by atoms with van der Waals surface area (Å²) in [6.45, 7) is 4.70. The SMILES string of the molecule is CC1(C)c2ccccc2-c2ccc(N(c3ccc(-c4ccccc4)cc3)c3ccc(-c4cccc(-c5cccc(-n6c7ccccc7c7ccccc76)c5)c4)cc3)cc21. The molecule has 0 saturated heterocycles. The maximum Gasteiger partial charge on any atom is 0.0541 e. The van der Waals surface area contributed by atoms with Crippen molar-refractivity contribution in [3.63, 3.8) is 0 Å². The molecule has 0 saturated carbocycles. The van der Waals surface area contributed by atoms with Gasteiger partial charge in [0, 0.05) is 38.9 Å². The molecule has 0 N–H and O–H groups in total. The molecule has 0 spiro atoms. The van der Waals surface area contributed by atoms with E-state index in [1.807, 2.05) is 0 Å². The van der Waals surface area contributed by atoms with Crippen LogP contribution >= 0.6 is 0 Å². The van der Waals surface area contributed by atoms with Gasteiger partial charge in [-0.2, -0.15) is 0 Å². The Kier molecular flexibility index (Phi) is 8.20. The fourth-order valence-corrected chi connectivity index (χ4v) is 9.42. The molecule has 0 aliphatic heterocycles. The van der Waals surface area contributed by atoms with E-state index in [1.54, 1.807) is 0 Å². The van der Waals surface area contributed by atoms with Crippen LogP contribution in [0.15, 0.2) is 218 Å². The zero-order chi connectivity index (χ0) is 39.5. The molecule has 2 nitrogen and oxygen atoms in total. The first-order chi connectivity index (χ1) is 29.0. The lowest BCUT2D eigenvalue weighted by Gasteiger charge is -2.28. The average molecular weight is 755 g/mol. The number of fused-ring (bicyclic) bond motifs is 6. The third-order valence-corrected chi connectivity index (χ3v) is 12.4. The fourth-order valence-electron chi connectivity index (χ4n) is 9.42. The molecule has 280 valence electrons. The summed E-state index contributed by atoms with van der Waals surface area (Å²) in [6.07, 6.45) is 0. The second-order valence-corrected chi connectivity index (χ2v) is 16.2. The molecule has 0 atom stereocenters. The first-order valence-electron chi connectivity index (χ1n) is 20.5. The Morgan fingerprint density at radius 1 is 0.339 bits per heavy atom. The number of aromatic nitrogens is 1. The third kappa shape index (κ3) is 5.87. The van der Waals surface area contributed by atoms with Gasteiger partial charge in [-0.05, 0) is 122 Å². The van der Waals surface area contributed by atoms with Crippen molar-refractivity contribution < 1.29 is 0 Å². The van der Waals surface area contributed by atoms with Gasteiger partial charge in [-0.25, -0.2) is 0 Å². The Balaban J connectivity index is 0.958. The van der Waals surface area contributed by atoms with Crippen molar-refractivity contribution in [1.29, 1.82) is 0 Å². The van der Waals surface area contributed by atoms with E-state index in [2.05, 4.69) is 242 Å². The van der Waals surface area contributed by atoms with Gasteiger partial charge >= 0.3 is 0 Å². The lowest BCUT2D eigenvalue weighted by Crippen LogP contribution is -2.16. The van der Waals surface area contributed by atoms with Gasteiger partial charge in [0.2, 0.25) is 0 Å². The highest BCUT2D eigenvalue weighted by Crippen LogP contribution is 2.50. The van der Waals surface area contributed by atoms with Crippen LogP contribution in [-0.2, 0) is 5.41 Å². The van der Waals surface area contributed by atoms with Gasteiger partial charge < -0.3 is 9.47 Å². The topological polar surface area (TPSA) is 8.17 Å². The zero-order valence-corrected chi connectivity index (χ0v) is 33.2. The maximum absolute atomic E-state index is 2.41. The van der Waals surface area contributed by atoms with E-state index < -0.39 is 0 Å². The van der Waals surface area contributed by atoms with E-state index in [9.17, 15) is 0 Å². The minimum atomic E-state index is -0.0946. The predicted molar refractivity (Wildman–Crippen MR) is 249 cm³/mol. The van der Waals surface area contributed by atoms with Gasteiger partial charge in [-0.1, -0.05) is 166 Å². The van der Waals surface area contributed by atoms with Crippen LogP contribution in [0.3, 0.4) is 0 Å². The highest BCUT2D eigenvalue weighted by Gasteiger charge is 2.35. The van der Waals surface area contributed by atoms with Crippen molar-refractivity contribution in [1.82, 2.24) is 4.57 Å². The summed E-state index contributed by atoms with van der Waals surface area (Å²) < 4.78 is 2.39. The lowest BCUT2D eigenvalue weighted by molar-refractivity contribution is 0.660. The molecule has 0 amide bonds. The smallest absolute Gasteiger partial charge is 0.0541 e. The fraction of sp³-hybridized carbons (Fsp3) is 0.0526. The maximum atomic E-state index is 2.41. The first kappa shape index (κ1) is 34.8. The summed E-state index contributed by atoms with van der Waals surface area (Å²) in [6, 6.07) is 79.8. The highest BCUT2D eigenvalue weighted by atomic mass is 15.1. The minimum Gasteiger partial charge on any atom is -0.310 e. The molecular weight excluding hydrogens is 713 g/mol. The molecule has 9 aromatic carbocycles. The van der Waals surface area contributed by atoms with Gasteiger partial charge in [0.1, 0.15) is 0 Å². The molecular formula is C57H42N2. The second-order valence-electron chi connectivity index (χ2n) is 16.2. The van der Waals surface area contributed by atoms with E-state index in [0.29, 0.717) is 0 Å². The molecule has 1 aliphatic rings. The molecule has 1 heterocycles. The summed E-state index contributed by atoms with van der Waals surface area (Å²) in [5.41, 5.74) is 19.5. The quantitative estimate of drug-likeness (QED) is 0.157. The van der Waals surface area contributed by atoms with Crippen molar-refractivity contribution in [2.24, 2.45) is 0 Å². The predicted octanol–water partition coefficient (Wildman–Crippen LogP) is 15.6. The second kappa shape index (κ2) is 13.9. The number of nitrogens with zero attached hydrogens (tertiary/aromatic N) is 2. The summed E-state index contributed by atoms with van der Waals surface area (Å²) in [4.78, 5) is 2.40. The number of rotatable bonds is 7. The van der Waals surface area contributed by atoms with Crippen molar-refractivity contribution >= 4 is 38.9 Å². The monoisotopic (exact) mass is 754 g/mol. The van der Waals surface area contributed by atoms with Gasteiger partial charge in [0.05, 0.1) is 11.0 Å². The Morgan fingerprint density at radius 2 is 0.814 bits per heavy atom. The standard InChI is InChI=1S/C57H42N2/c1-57(2)53-23-9-6-20-49(53)50-35-34-48(38-54(50)57)58(45-30-26-40(27-31-45)39-14-4-3-5-15-39)46-32-28-41(29-33-46)42-16-12-17-43(36-42)44-18-13-19-47(37-44)59-55-24-10-7-21-51(55)52-22-8-11-25-56(52)59/h3-38H,1-2H3. The minimum absolute atomic E-state index is 0.0946. The molecule has 10 aromatic rings. The Morgan fingerprint density at radius 3 is 1.49 bits per heavy atom. The van der Waals surface area contributed by atoms with E-state index in [0.717, 1.165) is 22.7 Å². The Bertz CT molecular complexity index is 3120. The normalized spacial score (nSPS) is 12.7. The average Bonchev–Trinajstić information content (AvgIpc) is 3.75. The summed E-state index contributed by atoms with van der Waals surface area (Å²) >= 11 is 0. The Labute approximate surface area is 345 Å². The molecule has 59 heavy (non-hydrogen) atoms. The molecule has 1 aliphatic carbocycles. The van der Waals surface area contributed by atoms with Crippen LogP contribution in [0.1, 0.15) is 25.0 Å². The summed E-state index contributed by atoms with van der Waals surface area (Å²) in [5.74, 6) is 0. The van der Waals surface area contributed by atoms with Crippen LogP contribution in [0.4, 0.5) is 17.1 Å². The van der Waals surface area contributed by atoms with E-state index in [1.165, 1.54) is 77.4 Å². The number of benzene rings is 9. The van der Waals surface area contributed by atoms with Gasteiger partial charge in [0.25, 0.3) is 0 Å². The van der Waals surface area contributed by atoms with Gasteiger partial charge in [0.15, 0.2) is 0 Å². The van der Waals surface area contributed by atoms with Crippen molar-refractivity contribution in [2.45, 2.75) is 19.3 Å². The zero-order valence-electron chi connectivity index (χ0n) is 33.2. The van der Waals surface area contributed by atoms with Gasteiger partial charge in [-0.3, -0.25) is 0 Å². The number of hydrogen-bond donors (Lipinski definition) is 0. The van der Waals surface area contributed by atoms with Crippen molar-refractivity contribution in [3.8, 4) is 50.2 Å². The van der Waals surface area contributed by atoms with E-state index in [4.69, 9.17) is 0 Å². The molecule has 0 bridgehead atoms. The summed E-state index contributed by atoms with van der Waals surface area (Å²) in [5, 5.41) is 2.54. The van der Waals surface area contributed by atoms with Crippen molar-refractivity contribution in [3.05, 3.63) is 230 Å². The molecule has 0 radical (unpaired) electrons. The largest absolute Gasteiger partial charge is 0.310 e. The van der Waals surface area contributed by atoms with Crippen LogP contribution in [0.5, 0.6) is 0 Å². The van der Waals surface area contributed by atoms with Crippen LogP contribution in [0.2, 0.25) is 0 Å². The molecule has 11 rings (SSSR count). The molecule has 1 aromatic heterocycles. The first-order valence-corrected chi connectivity index (χ1v) is 20.5. The molecule has 2 heteroatoms. The van der Waals surface area contributed by atoms with Crippen LogP contribution in [0.25, 0.3) is 72.0 Å².